The summed E-state index contributed by atoms with van der Waals surface area (Å²) in [5.41, 5.74) is -0.0725. The van der Waals surface area contributed by atoms with Gasteiger partial charge < -0.3 is 14.7 Å². The van der Waals surface area contributed by atoms with E-state index in [0.29, 0.717) is 6.54 Å². The summed E-state index contributed by atoms with van der Waals surface area (Å²) in [5, 5.41) is 5.70. The van der Waals surface area contributed by atoms with Crippen molar-refractivity contribution in [1.29, 1.82) is 0 Å². The second kappa shape index (κ2) is 6.34. The number of carbonyl (C=O) groups is 1. The number of hydrogen-bond acceptors (Lipinski definition) is 4. The monoisotopic (exact) mass is 358 g/mol. The standard InChI is InChI=1S/C15H14F4N4O2/c1-8-3-2-6-23(8)14(24)20-9-4-5-10(11(16)7-9)12-21-13(25-22-12)15(17,18)19/h4-5,7-8H,2-3,6H2,1H3,(H,20,24). The molecule has 2 amide bonds. The van der Waals surface area contributed by atoms with Crippen LogP contribution in [0.1, 0.15) is 25.7 Å². The van der Waals surface area contributed by atoms with Gasteiger partial charge in [-0.05, 0) is 38.0 Å². The van der Waals surface area contributed by atoms with Crippen LogP contribution in [-0.2, 0) is 6.18 Å². The Hall–Kier alpha value is -2.65. The van der Waals surface area contributed by atoms with E-state index in [1.165, 1.54) is 12.1 Å². The summed E-state index contributed by atoms with van der Waals surface area (Å²) >= 11 is 0. The molecule has 1 atom stereocenters. The zero-order valence-corrected chi connectivity index (χ0v) is 13.1. The maximum Gasteiger partial charge on any atom is 0.471 e. The number of halogens is 4. The molecule has 25 heavy (non-hydrogen) atoms. The first kappa shape index (κ1) is 17.2. The van der Waals surface area contributed by atoms with Crippen LogP contribution in [0.15, 0.2) is 22.7 Å². The molecular formula is C15H14F4N4O2. The summed E-state index contributed by atoms with van der Waals surface area (Å²) in [7, 11) is 0. The zero-order valence-electron chi connectivity index (χ0n) is 13.1. The highest BCUT2D eigenvalue weighted by molar-refractivity contribution is 5.90. The Morgan fingerprint density at radius 1 is 1.40 bits per heavy atom. The van der Waals surface area contributed by atoms with Gasteiger partial charge in [-0.2, -0.15) is 18.2 Å². The maximum atomic E-state index is 14.2. The van der Waals surface area contributed by atoms with E-state index in [9.17, 15) is 22.4 Å². The molecule has 2 heterocycles. The maximum absolute atomic E-state index is 14.2. The van der Waals surface area contributed by atoms with E-state index in [2.05, 4.69) is 20.0 Å². The van der Waals surface area contributed by atoms with Crippen LogP contribution in [0.2, 0.25) is 0 Å². The molecule has 1 fully saturated rings. The van der Waals surface area contributed by atoms with Crippen molar-refractivity contribution in [3.05, 3.63) is 29.9 Å². The Labute approximate surface area is 139 Å². The fraction of sp³-hybridized carbons (Fsp3) is 0.400. The minimum absolute atomic E-state index is 0.101. The van der Waals surface area contributed by atoms with Gasteiger partial charge >= 0.3 is 18.1 Å². The van der Waals surface area contributed by atoms with Crippen molar-refractivity contribution >= 4 is 11.7 Å². The van der Waals surface area contributed by atoms with E-state index in [4.69, 9.17) is 0 Å². The number of urea groups is 1. The smallest absolute Gasteiger partial charge is 0.329 e. The van der Waals surface area contributed by atoms with Crippen molar-refractivity contribution in [1.82, 2.24) is 15.0 Å². The third-order valence-electron chi connectivity index (χ3n) is 3.94. The second-order valence-electron chi connectivity index (χ2n) is 5.73. The molecule has 0 aliphatic carbocycles. The Kier molecular flexibility index (Phi) is 4.36. The van der Waals surface area contributed by atoms with E-state index in [1.807, 2.05) is 6.92 Å². The third-order valence-corrected chi connectivity index (χ3v) is 3.94. The van der Waals surface area contributed by atoms with Crippen LogP contribution in [0.25, 0.3) is 11.4 Å². The Bertz CT molecular complexity index is 790. The number of aromatic nitrogens is 2. The van der Waals surface area contributed by atoms with Gasteiger partial charge in [-0.3, -0.25) is 0 Å². The van der Waals surface area contributed by atoms with Crippen molar-refractivity contribution in [2.75, 3.05) is 11.9 Å². The normalized spacial score (nSPS) is 17.8. The van der Waals surface area contributed by atoms with Gasteiger partial charge in [0.05, 0.1) is 5.56 Å². The highest BCUT2D eigenvalue weighted by atomic mass is 19.4. The molecule has 1 N–H and O–H groups in total. The fourth-order valence-electron chi connectivity index (χ4n) is 2.65. The van der Waals surface area contributed by atoms with Crippen LogP contribution in [0.4, 0.5) is 28.0 Å². The van der Waals surface area contributed by atoms with Crippen LogP contribution in [0.3, 0.4) is 0 Å². The SMILES string of the molecule is CC1CCCN1C(=O)Nc1ccc(-c2noc(C(F)(F)F)n2)c(F)c1. The lowest BCUT2D eigenvalue weighted by Crippen LogP contribution is -2.37. The van der Waals surface area contributed by atoms with Gasteiger partial charge in [0.15, 0.2) is 0 Å². The van der Waals surface area contributed by atoms with Crippen LogP contribution in [0.5, 0.6) is 0 Å². The fourth-order valence-corrected chi connectivity index (χ4v) is 2.65. The van der Waals surface area contributed by atoms with Crippen molar-refractivity contribution in [2.24, 2.45) is 0 Å². The largest absolute Gasteiger partial charge is 0.471 e. The number of nitrogens with zero attached hydrogens (tertiary/aromatic N) is 3. The lowest BCUT2D eigenvalue weighted by atomic mass is 10.2. The number of likely N-dealkylation sites (tertiary alicyclic amines) is 1. The van der Waals surface area contributed by atoms with Gasteiger partial charge in [0, 0.05) is 18.3 Å². The van der Waals surface area contributed by atoms with Gasteiger partial charge in [0.25, 0.3) is 0 Å². The van der Waals surface area contributed by atoms with Crippen LogP contribution < -0.4 is 5.32 Å². The van der Waals surface area contributed by atoms with Crippen LogP contribution in [-0.4, -0.2) is 33.7 Å². The molecule has 0 spiro atoms. The Balaban J connectivity index is 1.77. The van der Waals surface area contributed by atoms with Gasteiger partial charge in [0.2, 0.25) is 5.82 Å². The highest BCUT2D eigenvalue weighted by Gasteiger charge is 2.38. The van der Waals surface area contributed by atoms with Crippen molar-refractivity contribution < 1.29 is 26.9 Å². The van der Waals surface area contributed by atoms with E-state index < -0.39 is 23.7 Å². The van der Waals surface area contributed by atoms with Gasteiger partial charge in [-0.15, -0.1) is 0 Å². The molecule has 1 aliphatic heterocycles. The van der Waals surface area contributed by atoms with E-state index in [-0.39, 0.29) is 23.3 Å². The molecule has 3 rings (SSSR count). The summed E-state index contributed by atoms with van der Waals surface area (Å²) in [6.07, 6.45) is -3.00. The molecule has 2 aromatic rings. The van der Waals surface area contributed by atoms with E-state index in [1.54, 1.807) is 4.90 Å². The summed E-state index contributed by atoms with van der Waals surface area (Å²) in [5.74, 6) is -2.94. The first-order valence-electron chi connectivity index (χ1n) is 7.54. The molecule has 1 aliphatic rings. The molecular weight excluding hydrogens is 344 g/mol. The summed E-state index contributed by atoms with van der Waals surface area (Å²) < 4.78 is 55.6. The molecule has 1 aromatic heterocycles. The Morgan fingerprint density at radius 2 is 2.16 bits per heavy atom. The highest BCUT2D eigenvalue weighted by Crippen LogP contribution is 2.30. The number of benzene rings is 1. The van der Waals surface area contributed by atoms with Gasteiger partial charge in [-0.25, -0.2) is 9.18 Å². The average Bonchev–Trinajstić information content (AvgIpc) is 3.15. The average molecular weight is 358 g/mol. The number of rotatable bonds is 2. The minimum Gasteiger partial charge on any atom is -0.329 e. The molecule has 134 valence electrons. The third kappa shape index (κ3) is 3.57. The molecule has 0 saturated carbocycles. The number of hydrogen-bond donors (Lipinski definition) is 1. The molecule has 1 saturated heterocycles. The number of alkyl halides is 3. The molecule has 0 bridgehead atoms. The number of nitrogens with one attached hydrogen (secondary N) is 1. The molecule has 0 radical (unpaired) electrons. The predicted molar refractivity (Wildman–Crippen MR) is 79.1 cm³/mol. The van der Waals surface area contributed by atoms with E-state index in [0.717, 1.165) is 18.9 Å². The summed E-state index contributed by atoms with van der Waals surface area (Å²) in [6, 6.07) is 3.29. The minimum atomic E-state index is -4.80. The van der Waals surface area contributed by atoms with Crippen molar-refractivity contribution in [2.45, 2.75) is 32.0 Å². The molecule has 10 heteroatoms. The lowest BCUT2D eigenvalue weighted by Gasteiger charge is -2.21. The lowest BCUT2D eigenvalue weighted by molar-refractivity contribution is -0.159. The van der Waals surface area contributed by atoms with Gasteiger partial charge in [0.1, 0.15) is 5.82 Å². The van der Waals surface area contributed by atoms with E-state index >= 15 is 0 Å². The number of amides is 2. The Morgan fingerprint density at radius 3 is 2.72 bits per heavy atom. The van der Waals surface area contributed by atoms with Crippen LogP contribution in [0, 0.1) is 5.82 Å². The topological polar surface area (TPSA) is 71.3 Å². The first-order valence-corrected chi connectivity index (χ1v) is 7.54. The van der Waals surface area contributed by atoms with Crippen molar-refractivity contribution in [3.8, 4) is 11.4 Å². The number of anilines is 1. The zero-order chi connectivity index (χ0) is 18.2. The predicted octanol–water partition coefficient (Wildman–Crippen LogP) is 3.91. The summed E-state index contributed by atoms with van der Waals surface area (Å²) in [6.45, 7) is 2.54. The van der Waals surface area contributed by atoms with Crippen LogP contribution >= 0.6 is 0 Å². The molecule has 1 unspecified atom stereocenters. The summed E-state index contributed by atoms with van der Waals surface area (Å²) in [4.78, 5) is 16.9. The quantitative estimate of drug-likeness (QED) is 0.827. The first-order chi connectivity index (χ1) is 11.8. The van der Waals surface area contributed by atoms with Crippen molar-refractivity contribution in [3.63, 3.8) is 0 Å². The molecule has 1 aromatic carbocycles. The second-order valence-corrected chi connectivity index (χ2v) is 5.73. The molecule has 6 nitrogen and oxygen atoms in total. The van der Waals surface area contributed by atoms with Gasteiger partial charge in [-0.1, -0.05) is 5.16 Å². The number of carbonyl (C=O) groups excluding carboxylic acids is 1.